The maximum absolute atomic E-state index is 13.9. The number of hydrogen-bond donors (Lipinski definition) is 1. The molecule has 1 atom stereocenters. The summed E-state index contributed by atoms with van der Waals surface area (Å²) in [4.78, 5) is 0. The molecule has 0 radical (unpaired) electrons. The number of nitrogens with one attached hydrogen (secondary N) is 1. The van der Waals surface area contributed by atoms with Crippen LogP contribution < -0.4 is 5.32 Å². The summed E-state index contributed by atoms with van der Waals surface area (Å²) in [7, 11) is 1.60. The van der Waals surface area contributed by atoms with Crippen molar-refractivity contribution >= 4 is 15.9 Å². The molecule has 0 saturated carbocycles. The number of rotatable bonds is 3. The van der Waals surface area contributed by atoms with Crippen molar-refractivity contribution in [2.24, 2.45) is 0 Å². The van der Waals surface area contributed by atoms with Gasteiger partial charge in [-0.2, -0.15) is 0 Å². The van der Waals surface area contributed by atoms with Gasteiger partial charge >= 0.3 is 0 Å². The van der Waals surface area contributed by atoms with Gasteiger partial charge in [-0.1, -0.05) is 28.1 Å². The Morgan fingerprint density at radius 2 is 1.70 bits per heavy atom. The van der Waals surface area contributed by atoms with Crippen molar-refractivity contribution in [1.29, 1.82) is 0 Å². The molecule has 2 rings (SSSR count). The molecule has 20 heavy (non-hydrogen) atoms. The molecule has 2 aromatic carbocycles. The molecule has 5 heteroatoms. The Bertz CT molecular complexity index is 620. The lowest BCUT2D eigenvalue weighted by Gasteiger charge is -2.21. The summed E-state index contributed by atoms with van der Waals surface area (Å²) >= 11 is 3.39. The zero-order chi connectivity index (χ0) is 14.9. The predicted octanol–water partition coefficient (Wildman–Crippen LogP) is 4.48. The van der Waals surface area contributed by atoms with E-state index < -0.39 is 23.5 Å². The Kier molecular flexibility index (Phi) is 4.50. The van der Waals surface area contributed by atoms with Crippen molar-refractivity contribution in [2.45, 2.75) is 13.0 Å². The molecule has 1 N–H and O–H groups in total. The average molecular weight is 344 g/mol. The summed E-state index contributed by atoms with van der Waals surface area (Å²) in [6.45, 7) is 1.85. The molecule has 0 saturated heterocycles. The fourth-order valence-corrected chi connectivity index (χ4v) is 2.60. The van der Waals surface area contributed by atoms with Crippen LogP contribution in [-0.4, -0.2) is 7.05 Å². The van der Waals surface area contributed by atoms with Gasteiger partial charge in [0.15, 0.2) is 0 Å². The van der Waals surface area contributed by atoms with E-state index in [4.69, 9.17) is 0 Å². The maximum Gasteiger partial charge on any atom is 0.134 e. The Morgan fingerprint density at radius 3 is 2.25 bits per heavy atom. The fraction of sp³-hybridized carbons (Fsp3) is 0.200. The lowest BCUT2D eigenvalue weighted by Crippen LogP contribution is -2.21. The van der Waals surface area contributed by atoms with Gasteiger partial charge in [-0.15, -0.1) is 0 Å². The number of halogens is 4. The number of hydrogen-bond acceptors (Lipinski definition) is 1. The average Bonchev–Trinajstić information content (AvgIpc) is 2.37. The van der Waals surface area contributed by atoms with Crippen molar-refractivity contribution in [3.05, 3.63) is 68.9 Å². The maximum atomic E-state index is 13.9. The standard InChI is InChI=1S/C15H13BrF3N/c1-8-10(4-3-5-11(8)16)15(20-2)14-12(18)6-9(17)7-13(14)19/h3-7,15,20H,1-2H3. The van der Waals surface area contributed by atoms with Crippen molar-refractivity contribution in [1.82, 2.24) is 5.32 Å². The topological polar surface area (TPSA) is 12.0 Å². The fourth-order valence-electron chi connectivity index (χ4n) is 2.22. The van der Waals surface area contributed by atoms with Crippen LogP contribution in [0.15, 0.2) is 34.8 Å². The molecule has 0 heterocycles. The minimum Gasteiger partial charge on any atom is -0.309 e. The summed E-state index contributed by atoms with van der Waals surface area (Å²) in [6, 6.07) is 6.11. The molecule has 2 aromatic rings. The van der Waals surface area contributed by atoms with Crippen molar-refractivity contribution in [3.63, 3.8) is 0 Å². The molecule has 106 valence electrons. The van der Waals surface area contributed by atoms with Gasteiger partial charge in [0, 0.05) is 22.2 Å². The van der Waals surface area contributed by atoms with Crippen molar-refractivity contribution in [2.75, 3.05) is 7.05 Å². The lowest BCUT2D eigenvalue weighted by atomic mass is 9.94. The first-order valence-corrected chi connectivity index (χ1v) is 6.81. The smallest absolute Gasteiger partial charge is 0.134 e. The van der Waals surface area contributed by atoms with E-state index in [1.807, 2.05) is 13.0 Å². The third-order valence-electron chi connectivity index (χ3n) is 3.24. The van der Waals surface area contributed by atoms with Crippen LogP contribution in [0.3, 0.4) is 0 Å². The minimum absolute atomic E-state index is 0.185. The zero-order valence-electron chi connectivity index (χ0n) is 11.0. The van der Waals surface area contributed by atoms with Gasteiger partial charge in [-0.25, -0.2) is 13.2 Å². The quantitative estimate of drug-likeness (QED) is 0.866. The summed E-state index contributed by atoms with van der Waals surface area (Å²) in [5.41, 5.74) is 1.41. The summed E-state index contributed by atoms with van der Waals surface area (Å²) in [5.74, 6) is -2.73. The van der Waals surface area contributed by atoms with E-state index in [0.29, 0.717) is 12.1 Å². The predicted molar refractivity (Wildman–Crippen MR) is 76.1 cm³/mol. The van der Waals surface area contributed by atoms with Gasteiger partial charge in [0.2, 0.25) is 0 Å². The first-order valence-electron chi connectivity index (χ1n) is 6.02. The second kappa shape index (κ2) is 5.97. The van der Waals surface area contributed by atoms with Gasteiger partial charge in [0.25, 0.3) is 0 Å². The van der Waals surface area contributed by atoms with Crippen LogP contribution in [0.25, 0.3) is 0 Å². The van der Waals surface area contributed by atoms with E-state index in [2.05, 4.69) is 21.2 Å². The lowest BCUT2D eigenvalue weighted by molar-refractivity contribution is 0.499. The molecular weight excluding hydrogens is 331 g/mol. The highest BCUT2D eigenvalue weighted by atomic mass is 79.9. The third kappa shape index (κ3) is 2.74. The largest absolute Gasteiger partial charge is 0.309 e. The Balaban J connectivity index is 2.62. The molecule has 0 amide bonds. The molecule has 1 nitrogen and oxygen atoms in total. The van der Waals surface area contributed by atoms with Crippen LogP contribution in [0.2, 0.25) is 0 Å². The molecule has 0 bridgehead atoms. The molecular formula is C15H13BrF3N. The van der Waals surface area contributed by atoms with Crippen molar-refractivity contribution in [3.8, 4) is 0 Å². The van der Waals surface area contributed by atoms with Crippen molar-refractivity contribution < 1.29 is 13.2 Å². The van der Waals surface area contributed by atoms with Crippen LogP contribution in [0, 0.1) is 24.4 Å². The highest BCUT2D eigenvalue weighted by Crippen LogP contribution is 2.31. The highest BCUT2D eigenvalue weighted by Gasteiger charge is 2.23. The third-order valence-corrected chi connectivity index (χ3v) is 4.10. The summed E-state index contributed by atoms with van der Waals surface area (Å²) < 4.78 is 41.7. The van der Waals surface area contributed by atoms with Gasteiger partial charge in [-0.3, -0.25) is 0 Å². The Hall–Kier alpha value is -1.33. The Morgan fingerprint density at radius 1 is 1.10 bits per heavy atom. The molecule has 0 fully saturated rings. The minimum atomic E-state index is -0.926. The first kappa shape index (κ1) is 15.1. The van der Waals surface area contributed by atoms with Crippen LogP contribution in [0.4, 0.5) is 13.2 Å². The van der Waals surface area contributed by atoms with E-state index in [0.717, 1.165) is 15.6 Å². The normalized spacial score (nSPS) is 12.5. The molecule has 0 aliphatic heterocycles. The summed E-state index contributed by atoms with van der Waals surface area (Å²) in [5, 5.41) is 2.88. The molecule has 0 spiro atoms. The summed E-state index contributed by atoms with van der Waals surface area (Å²) in [6.07, 6.45) is 0. The second-order valence-corrected chi connectivity index (χ2v) is 5.31. The number of benzene rings is 2. The zero-order valence-corrected chi connectivity index (χ0v) is 12.6. The van der Waals surface area contributed by atoms with Gasteiger partial charge in [0.1, 0.15) is 17.5 Å². The van der Waals surface area contributed by atoms with E-state index in [1.165, 1.54) is 0 Å². The molecule has 0 aliphatic rings. The van der Waals surface area contributed by atoms with E-state index in [-0.39, 0.29) is 5.56 Å². The molecule has 0 aliphatic carbocycles. The van der Waals surface area contributed by atoms with E-state index in [1.54, 1.807) is 19.2 Å². The highest BCUT2D eigenvalue weighted by molar-refractivity contribution is 9.10. The van der Waals surface area contributed by atoms with Crippen LogP contribution in [0.5, 0.6) is 0 Å². The van der Waals surface area contributed by atoms with Crippen LogP contribution >= 0.6 is 15.9 Å². The van der Waals surface area contributed by atoms with Crippen LogP contribution in [-0.2, 0) is 0 Å². The SMILES string of the molecule is CNC(c1cccc(Br)c1C)c1c(F)cc(F)cc1F. The van der Waals surface area contributed by atoms with Crippen LogP contribution in [0.1, 0.15) is 22.7 Å². The monoisotopic (exact) mass is 343 g/mol. The second-order valence-electron chi connectivity index (χ2n) is 4.46. The molecule has 0 aromatic heterocycles. The first-order chi connectivity index (χ1) is 9.45. The van der Waals surface area contributed by atoms with E-state index in [9.17, 15) is 13.2 Å². The van der Waals surface area contributed by atoms with E-state index >= 15 is 0 Å². The Labute approximate surface area is 123 Å². The molecule has 1 unspecified atom stereocenters. The van der Waals surface area contributed by atoms with Gasteiger partial charge < -0.3 is 5.32 Å². The van der Waals surface area contributed by atoms with Gasteiger partial charge in [-0.05, 0) is 31.2 Å². The van der Waals surface area contributed by atoms with Gasteiger partial charge in [0.05, 0.1) is 6.04 Å².